The summed E-state index contributed by atoms with van der Waals surface area (Å²) >= 11 is 1.62. The fourth-order valence-corrected chi connectivity index (χ4v) is 6.17. The number of carbonyl (C=O) groups is 3. The lowest BCUT2D eigenvalue weighted by Gasteiger charge is -2.32. The van der Waals surface area contributed by atoms with E-state index in [9.17, 15) is 14.4 Å². The molecule has 0 N–H and O–H groups in total. The predicted octanol–water partition coefficient (Wildman–Crippen LogP) is 3.47. The number of rotatable bonds is 7. The molecule has 3 fully saturated rings. The zero-order valence-corrected chi connectivity index (χ0v) is 21.7. The second-order valence-corrected chi connectivity index (χ2v) is 11.1. The van der Waals surface area contributed by atoms with Crippen LogP contribution in [0.3, 0.4) is 0 Å². The van der Waals surface area contributed by atoms with Crippen LogP contribution in [0, 0.1) is 12.8 Å². The Labute approximate surface area is 219 Å². The number of thiazole rings is 1. The summed E-state index contributed by atoms with van der Waals surface area (Å²) < 4.78 is 6.55. The van der Waals surface area contributed by atoms with Gasteiger partial charge in [0.05, 0.1) is 35.5 Å². The van der Waals surface area contributed by atoms with Crippen molar-refractivity contribution in [1.82, 2.24) is 14.8 Å². The van der Waals surface area contributed by atoms with E-state index in [1.807, 2.05) is 24.3 Å². The molecule has 37 heavy (non-hydrogen) atoms. The Morgan fingerprint density at radius 2 is 1.86 bits per heavy atom. The van der Waals surface area contributed by atoms with Gasteiger partial charge in [-0.25, -0.2) is 9.88 Å². The van der Waals surface area contributed by atoms with Gasteiger partial charge in [0.2, 0.25) is 11.8 Å². The van der Waals surface area contributed by atoms with E-state index in [2.05, 4.69) is 17.9 Å². The van der Waals surface area contributed by atoms with Crippen LogP contribution in [0.25, 0.3) is 20.8 Å². The zero-order valence-electron chi connectivity index (χ0n) is 20.9. The van der Waals surface area contributed by atoms with Gasteiger partial charge in [-0.2, -0.15) is 0 Å². The van der Waals surface area contributed by atoms with E-state index < -0.39 is 6.04 Å². The molecule has 0 bridgehead atoms. The molecular weight excluding hydrogens is 488 g/mol. The lowest BCUT2D eigenvalue weighted by atomic mass is 10.1. The van der Waals surface area contributed by atoms with Gasteiger partial charge in [0.15, 0.2) is 0 Å². The molecule has 3 heterocycles. The second kappa shape index (κ2) is 9.96. The second-order valence-electron chi connectivity index (χ2n) is 10.1. The molecular formula is C28H30N4O4S. The van der Waals surface area contributed by atoms with Gasteiger partial charge in [-0.05, 0) is 61.7 Å². The number of aromatic nitrogens is 1. The smallest absolute Gasteiger partial charge is 0.257 e. The van der Waals surface area contributed by atoms with Gasteiger partial charge < -0.3 is 9.64 Å². The van der Waals surface area contributed by atoms with Crippen molar-refractivity contribution in [2.24, 2.45) is 5.92 Å². The Bertz CT molecular complexity index is 1340. The van der Waals surface area contributed by atoms with Gasteiger partial charge in [-0.3, -0.25) is 19.3 Å². The number of nitrogens with zero attached hydrogens (tertiary/aromatic N) is 4. The Morgan fingerprint density at radius 3 is 2.59 bits per heavy atom. The predicted molar refractivity (Wildman–Crippen MR) is 142 cm³/mol. The van der Waals surface area contributed by atoms with Gasteiger partial charge >= 0.3 is 0 Å². The molecule has 192 valence electrons. The third-order valence-corrected chi connectivity index (χ3v) is 8.45. The highest BCUT2D eigenvalue weighted by molar-refractivity contribution is 7.21. The van der Waals surface area contributed by atoms with E-state index in [0.29, 0.717) is 32.0 Å². The number of fused-ring (bicyclic) bond motifs is 1. The monoisotopic (exact) mass is 518 g/mol. The maximum Gasteiger partial charge on any atom is 0.257 e. The van der Waals surface area contributed by atoms with E-state index in [-0.39, 0.29) is 30.1 Å². The maximum absolute atomic E-state index is 13.5. The number of morpholine rings is 1. The minimum Gasteiger partial charge on any atom is -0.379 e. The third-order valence-electron chi connectivity index (χ3n) is 7.39. The first kappa shape index (κ1) is 24.2. The molecule has 9 heteroatoms. The summed E-state index contributed by atoms with van der Waals surface area (Å²) in [5.74, 6) is -0.594. The molecule has 0 radical (unpaired) electrons. The Morgan fingerprint density at radius 1 is 1.11 bits per heavy atom. The molecule has 2 saturated heterocycles. The summed E-state index contributed by atoms with van der Waals surface area (Å²) in [4.78, 5) is 49.6. The standard InChI is InChI=1S/C28H30N4O4S/c1-18-2-9-22-24(16-18)37-26(29-22)19-5-7-21(8-6-19)32-25(33)17-23(28(32)35)31(27(34)20-3-4-20)11-10-30-12-14-36-15-13-30/h2,5-9,16,20,23H,3-4,10-15,17H2,1H3. The topological polar surface area (TPSA) is 83.1 Å². The number of benzene rings is 2. The summed E-state index contributed by atoms with van der Waals surface area (Å²) in [6, 6.07) is 12.9. The van der Waals surface area contributed by atoms with Crippen molar-refractivity contribution in [2.75, 3.05) is 44.3 Å². The minimum atomic E-state index is -0.742. The highest BCUT2D eigenvalue weighted by atomic mass is 32.1. The maximum atomic E-state index is 13.5. The highest BCUT2D eigenvalue weighted by Crippen LogP contribution is 2.35. The molecule has 3 aromatic rings. The Hall–Kier alpha value is -3.14. The third kappa shape index (κ3) is 4.91. The van der Waals surface area contributed by atoms with Gasteiger partial charge in [0, 0.05) is 37.7 Å². The van der Waals surface area contributed by atoms with Gasteiger partial charge in [-0.15, -0.1) is 11.3 Å². The molecule has 6 rings (SSSR count). The SMILES string of the molecule is Cc1ccc2nc(-c3ccc(N4C(=O)CC(N(CCN5CCOCC5)C(=O)C5CC5)C4=O)cc3)sc2c1. The first-order valence-electron chi connectivity index (χ1n) is 12.9. The van der Waals surface area contributed by atoms with Crippen molar-refractivity contribution in [3.05, 3.63) is 48.0 Å². The Kier molecular flexibility index (Phi) is 6.52. The number of anilines is 1. The lowest BCUT2D eigenvalue weighted by molar-refractivity contribution is -0.139. The fraction of sp³-hybridized carbons (Fsp3) is 0.429. The average Bonchev–Trinajstić information content (AvgIpc) is 3.61. The molecule has 3 amide bonds. The molecule has 1 saturated carbocycles. The fourth-order valence-electron chi connectivity index (χ4n) is 5.10. The number of imide groups is 1. The van der Waals surface area contributed by atoms with Crippen LogP contribution in [0.5, 0.6) is 0 Å². The Balaban J connectivity index is 1.20. The number of hydrogen-bond donors (Lipinski definition) is 0. The van der Waals surface area contributed by atoms with Crippen molar-refractivity contribution in [2.45, 2.75) is 32.2 Å². The number of hydrogen-bond acceptors (Lipinski definition) is 7. The summed E-state index contributed by atoms with van der Waals surface area (Å²) in [7, 11) is 0. The number of aryl methyl sites for hydroxylation is 1. The molecule has 3 aliphatic rings. The van der Waals surface area contributed by atoms with Crippen LogP contribution in [0.1, 0.15) is 24.8 Å². The van der Waals surface area contributed by atoms with E-state index in [1.54, 1.807) is 28.4 Å². The van der Waals surface area contributed by atoms with Crippen molar-refractivity contribution >= 4 is 45.0 Å². The van der Waals surface area contributed by atoms with Crippen molar-refractivity contribution in [3.63, 3.8) is 0 Å². The molecule has 8 nitrogen and oxygen atoms in total. The van der Waals surface area contributed by atoms with Crippen molar-refractivity contribution < 1.29 is 19.1 Å². The molecule has 1 aromatic heterocycles. The average molecular weight is 519 g/mol. The van der Waals surface area contributed by atoms with E-state index in [0.717, 1.165) is 46.7 Å². The van der Waals surface area contributed by atoms with Crippen LogP contribution >= 0.6 is 11.3 Å². The van der Waals surface area contributed by atoms with E-state index in [1.165, 1.54) is 10.5 Å². The largest absolute Gasteiger partial charge is 0.379 e. The summed E-state index contributed by atoms with van der Waals surface area (Å²) in [6.07, 6.45) is 1.75. The van der Waals surface area contributed by atoms with Gasteiger partial charge in [-0.1, -0.05) is 6.07 Å². The first-order valence-corrected chi connectivity index (χ1v) is 13.7. The molecule has 2 aliphatic heterocycles. The normalized spacial score (nSPS) is 20.7. The van der Waals surface area contributed by atoms with E-state index >= 15 is 0 Å². The quantitative estimate of drug-likeness (QED) is 0.446. The van der Waals surface area contributed by atoms with Crippen molar-refractivity contribution in [3.8, 4) is 10.6 Å². The number of ether oxygens (including phenoxy) is 1. The van der Waals surface area contributed by atoms with Crippen LogP contribution in [-0.2, 0) is 19.1 Å². The molecule has 1 unspecified atom stereocenters. The van der Waals surface area contributed by atoms with Crippen LogP contribution < -0.4 is 4.90 Å². The summed E-state index contributed by atoms with van der Waals surface area (Å²) in [5, 5.41) is 0.897. The van der Waals surface area contributed by atoms with E-state index in [4.69, 9.17) is 9.72 Å². The summed E-state index contributed by atoms with van der Waals surface area (Å²) in [6.45, 7) is 6.17. The first-order chi connectivity index (χ1) is 18.0. The minimum absolute atomic E-state index is 0.00248. The summed E-state index contributed by atoms with van der Waals surface area (Å²) in [5.41, 5.74) is 3.62. The zero-order chi connectivity index (χ0) is 25.5. The number of amides is 3. The molecule has 2 aromatic carbocycles. The molecule has 1 aliphatic carbocycles. The number of carbonyl (C=O) groups excluding carboxylic acids is 3. The van der Waals surface area contributed by atoms with Crippen LogP contribution in [0.4, 0.5) is 5.69 Å². The van der Waals surface area contributed by atoms with Gasteiger partial charge in [0.25, 0.3) is 5.91 Å². The molecule has 0 spiro atoms. The lowest BCUT2D eigenvalue weighted by Crippen LogP contribution is -2.50. The van der Waals surface area contributed by atoms with Crippen LogP contribution in [0.15, 0.2) is 42.5 Å². The van der Waals surface area contributed by atoms with Gasteiger partial charge in [0.1, 0.15) is 11.0 Å². The van der Waals surface area contributed by atoms with Crippen molar-refractivity contribution in [1.29, 1.82) is 0 Å². The van der Waals surface area contributed by atoms with Crippen LogP contribution in [-0.4, -0.2) is 77.9 Å². The molecule has 1 atom stereocenters. The highest BCUT2D eigenvalue weighted by Gasteiger charge is 2.46. The van der Waals surface area contributed by atoms with Crippen LogP contribution in [0.2, 0.25) is 0 Å².